The van der Waals surface area contributed by atoms with Crippen molar-refractivity contribution < 1.29 is 22.5 Å². The maximum absolute atomic E-state index is 12.8. The van der Waals surface area contributed by atoms with Crippen molar-refractivity contribution in [2.75, 3.05) is 6.54 Å². The van der Waals surface area contributed by atoms with E-state index in [2.05, 4.69) is 0 Å². The molecule has 7 heteroatoms. The standard InChI is InChI=1S/C10H18BF3NO2/c1-10(2,3)17-9(16)15-7-5-4-6-8(15)11(12,13)14/h8H,4-7H2,1-3H3/q-1/t8-/m1/s1. The Bertz CT molecular complexity index is 288. The van der Waals surface area contributed by atoms with Crippen LogP contribution < -0.4 is 0 Å². The maximum Gasteiger partial charge on any atom is 0.500 e. The van der Waals surface area contributed by atoms with Crippen LogP contribution in [0.15, 0.2) is 0 Å². The third-order valence-corrected chi connectivity index (χ3v) is 2.61. The van der Waals surface area contributed by atoms with E-state index in [1.807, 2.05) is 0 Å². The normalized spacial score (nSPS) is 22.5. The lowest BCUT2D eigenvalue weighted by molar-refractivity contribution is 0.0138. The van der Waals surface area contributed by atoms with Crippen LogP contribution in [0.2, 0.25) is 0 Å². The maximum atomic E-state index is 12.8. The fraction of sp³-hybridized carbons (Fsp3) is 0.900. The number of hydrogen-bond acceptors (Lipinski definition) is 2. The summed E-state index contributed by atoms with van der Waals surface area (Å²) in [5.41, 5.74) is -0.766. The molecule has 17 heavy (non-hydrogen) atoms. The third-order valence-electron chi connectivity index (χ3n) is 2.61. The molecule has 1 rings (SSSR count). The Hall–Kier alpha value is -0.875. The zero-order chi connectivity index (χ0) is 13.3. The van der Waals surface area contributed by atoms with Crippen LogP contribution in [0.25, 0.3) is 0 Å². The van der Waals surface area contributed by atoms with Crippen molar-refractivity contribution in [1.82, 2.24) is 4.90 Å². The van der Waals surface area contributed by atoms with E-state index in [0.717, 1.165) is 4.90 Å². The predicted molar refractivity (Wildman–Crippen MR) is 59.7 cm³/mol. The Labute approximate surface area is 99.4 Å². The van der Waals surface area contributed by atoms with E-state index in [1.54, 1.807) is 20.8 Å². The van der Waals surface area contributed by atoms with Crippen LogP contribution in [0.3, 0.4) is 0 Å². The Morgan fingerprint density at radius 1 is 1.29 bits per heavy atom. The molecule has 1 saturated heterocycles. The first kappa shape index (κ1) is 14.2. The average molecular weight is 252 g/mol. The molecule has 0 aromatic rings. The van der Waals surface area contributed by atoms with Crippen molar-refractivity contribution in [2.45, 2.75) is 51.6 Å². The molecule has 0 aromatic carbocycles. The van der Waals surface area contributed by atoms with Crippen molar-refractivity contribution in [3.8, 4) is 0 Å². The first-order valence-electron chi connectivity index (χ1n) is 5.81. The molecule has 1 amide bonds. The molecular formula is C10H18BF3NO2-. The van der Waals surface area contributed by atoms with Crippen LogP contribution in [0.5, 0.6) is 0 Å². The number of piperidine rings is 1. The largest absolute Gasteiger partial charge is 0.500 e. The van der Waals surface area contributed by atoms with Crippen LogP contribution >= 0.6 is 0 Å². The lowest BCUT2D eigenvalue weighted by atomic mass is 9.73. The van der Waals surface area contributed by atoms with Crippen LogP contribution in [0.1, 0.15) is 40.0 Å². The molecule has 0 bridgehead atoms. The zero-order valence-electron chi connectivity index (χ0n) is 10.4. The molecule has 0 saturated carbocycles. The van der Waals surface area contributed by atoms with Crippen molar-refractivity contribution in [2.24, 2.45) is 0 Å². The molecule has 0 aromatic heterocycles. The molecule has 0 radical (unpaired) electrons. The summed E-state index contributed by atoms with van der Waals surface area (Å²) in [6.07, 6.45) is 0.233. The fourth-order valence-electron chi connectivity index (χ4n) is 1.90. The molecule has 1 atom stereocenters. The van der Waals surface area contributed by atoms with Crippen molar-refractivity contribution in [3.63, 3.8) is 0 Å². The minimum atomic E-state index is -5.03. The van der Waals surface area contributed by atoms with Gasteiger partial charge in [0.1, 0.15) is 5.60 Å². The Morgan fingerprint density at radius 2 is 1.88 bits per heavy atom. The second-order valence-corrected chi connectivity index (χ2v) is 5.36. The Kier molecular flexibility index (Phi) is 3.99. The lowest BCUT2D eigenvalue weighted by Crippen LogP contribution is -2.55. The van der Waals surface area contributed by atoms with E-state index in [4.69, 9.17) is 4.74 Å². The Balaban J connectivity index is 2.75. The lowest BCUT2D eigenvalue weighted by Gasteiger charge is -2.41. The first-order valence-corrected chi connectivity index (χ1v) is 5.81. The van der Waals surface area contributed by atoms with E-state index in [-0.39, 0.29) is 13.0 Å². The van der Waals surface area contributed by atoms with Crippen molar-refractivity contribution >= 4 is 13.1 Å². The van der Waals surface area contributed by atoms with Gasteiger partial charge in [0.15, 0.2) is 0 Å². The zero-order valence-corrected chi connectivity index (χ0v) is 10.4. The summed E-state index contributed by atoms with van der Waals surface area (Å²) in [6, 6.07) is 0. The predicted octanol–water partition coefficient (Wildman–Crippen LogP) is 3.16. The van der Waals surface area contributed by atoms with E-state index in [9.17, 15) is 17.7 Å². The minimum absolute atomic E-state index is 0.0112. The van der Waals surface area contributed by atoms with Gasteiger partial charge in [0.2, 0.25) is 0 Å². The van der Waals surface area contributed by atoms with Gasteiger partial charge >= 0.3 is 13.1 Å². The highest BCUT2D eigenvalue weighted by Gasteiger charge is 2.43. The smallest absolute Gasteiger partial charge is 0.448 e. The summed E-state index contributed by atoms with van der Waals surface area (Å²) in [4.78, 5) is 12.5. The van der Waals surface area contributed by atoms with Gasteiger partial charge in [0.25, 0.3) is 0 Å². The number of carbonyl (C=O) groups is 1. The first-order chi connectivity index (χ1) is 7.61. The summed E-state index contributed by atoms with van der Waals surface area (Å²) in [5.74, 6) is -1.64. The number of likely N-dealkylation sites (tertiary alicyclic amines) is 1. The molecule has 0 aliphatic carbocycles. The van der Waals surface area contributed by atoms with Crippen LogP contribution in [-0.2, 0) is 4.74 Å². The Morgan fingerprint density at radius 3 is 2.35 bits per heavy atom. The molecule has 0 N–H and O–H groups in total. The van der Waals surface area contributed by atoms with Gasteiger partial charge in [-0.3, -0.25) is 0 Å². The molecule has 1 aliphatic heterocycles. The SMILES string of the molecule is CC(C)(C)OC(=O)N1CCCC[C@@H]1[B-](F)(F)F. The number of amides is 1. The second-order valence-electron chi connectivity index (χ2n) is 5.36. The van der Waals surface area contributed by atoms with E-state index in [0.29, 0.717) is 12.8 Å². The van der Waals surface area contributed by atoms with Crippen LogP contribution in [0, 0.1) is 0 Å². The average Bonchev–Trinajstić information content (AvgIpc) is 2.13. The van der Waals surface area contributed by atoms with Gasteiger partial charge in [-0.15, -0.1) is 0 Å². The topological polar surface area (TPSA) is 29.5 Å². The third kappa shape index (κ3) is 4.13. The number of rotatable bonds is 1. The summed E-state index contributed by atoms with van der Waals surface area (Å²) in [5, 5.41) is 0. The summed E-state index contributed by atoms with van der Waals surface area (Å²) >= 11 is 0. The second kappa shape index (κ2) is 4.78. The van der Waals surface area contributed by atoms with Gasteiger partial charge in [-0.2, -0.15) is 0 Å². The van der Waals surface area contributed by atoms with Gasteiger partial charge in [-0.25, -0.2) is 4.79 Å². The monoisotopic (exact) mass is 252 g/mol. The van der Waals surface area contributed by atoms with Crippen molar-refractivity contribution in [1.29, 1.82) is 0 Å². The molecule has 3 nitrogen and oxygen atoms in total. The minimum Gasteiger partial charge on any atom is -0.448 e. The quantitative estimate of drug-likeness (QED) is 0.671. The van der Waals surface area contributed by atoms with Crippen molar-refractivity contribution in [3.05, 3.63) is 0 Å². The molecule has 0 unspecified atom stereocenters. The fourth-order valence-corrected chi connectivity index (χ4v) is 1.90. The molecular weight excluding hydrogens is 234 g/mol. The highest BCUT2D eigenvalue weighted by atomic mass is 19.4. The highest BCUT2D eigenvalue weighted by molar-refractivity contribution is 6.60. The number of hydrogen-bond donors (Lipinski definition) is 0. The van der Waals surface area contributed by atoms with E-state index >= 15 is 0 Å². The van der Waals surface area contributed by atoms with Gasteiger partial charge in [0, 0.05) is 12.5 Å². The number of halogens is 3. The summed E-state index contributed by atoms with van der Waals surface area (Å²) in [6.45, 7) is 0.0179. The van der Waals surface area contributed by atoms with Crippen LogP contribution in [0.4, 0.5) is 17.7 Å². The number of ether oxygens (including phenoxy) is 1. The highest BCUT2D eigenvalue weighted by Crippen LogP contribution is 2.29. The summed E-state index contributed by atoms with van der Waals surface area (Å²) in [7, 11) is 0. The van der Waals surface area contributed by atoms with Gasteiger partial charge in [-0.05, 0) is 27.2 Å². The molecule has 0 spiro atoms. The molecule has 1 fully saturated rings. The van der Waals surface area contributed by atoms with Gasteiger partial charge < -0.3 is 22.6 Å². The molecule has 1 aliphatic rings. The van der Waals surface area contributed by atoms with Gasteiger partial charge in [0.05, 0.1) is 0 Å². The van der Waals surface area contributed by atoms with Crippen LogP contribution in [-0.4, -0.2) is 36.1 Å². The van der Waals surface area contributed by atoms with E-state index < -0.39 is 24.6 Å². The number of nitrogens with zero attached hydrogens (tertiary/aromatic N) is 1. The molecule has 100 valence electrons. The van der Waals surface area contributed by atoms with E-state index in [1.165, 1.54) is 0 Å². The molecule has 1 heterocycles. The van der Waals surface area contributed by atoms with Gasteiger partial charge in [-0.1, -0.05) is 12.8 Å². The number of carbonyl (C=O) groups excluding carboxylic acids is 1. The summed E-state index contributed by atoms with van der Waals surface area (Å²) < 4.78 is 43.4.